The maximum absolute atomic E-state index is 13.4. The van der Waals surface area contributed by atoms with Gasteiger partial charge in [-0.25, -0.2) is 8.42 Å². The summed E-state index contributed by atoms with van der Waals surface area (Å²) < 4.78 is 38.7. The van der Waals surface area contributed by atoms with Crippen molar-refractivity contribution >= 4 is 15.9 Å². The van der Waals surface area contributed by atoms with E-state index in [2.05, 4.69) is 5.32 Å². The van der Waals surface area contributed by atoms with E-state index in [4.69, 9.17) is 9.47 Å². The van der Waals surface area contributed by atoms with Crippen LogP contribution in [0.4, 0.5) is 0 Å². The first-order chi connectivity index (χ1) is 16.3. The number of hydrogen-bond acceptors (Lipinski definition) is 5. The molecule has 0 atom stereocenters. The number of nitrogens with zero attached hydrogens (tertiary/aromatic N) is 1. The molecule has 0 saturated heterocycles. The van der Waals surface area contributed by atoms with Gasteiger partial charge in [0.15, 0.2) is 0 Å². The van der Waals surface area contributed by atoms with Crippen LogP contribution in [0.15, 0.2) is 77.7 Å². The molecule has 0 fully saturated rings. The van der Waals surface area contributed by atoms with Gasteiger partial charge >= 0.3 is 0 Å². The summed E-state index contributed by atoms with van der Waals surface area (Å²) in [5, 5.41) is 2.80. The molecular weight excluding hydrogens is 452 g/mol. The van der Waals surface area contributed by atoms with Crippen molar-refractivity contribution in [2.75, 3.05) is 27.3 Å². The minimum absolute atomic E-state index is 0.142. The molecule has 0 aliphatic heterocycles. The number of carbonyl (C=O) groups is 1. The number of methoxy groups -OCH3 is 2. The summed E-state index contributed by atoms with van der Waals surface area (Å²) in [6.45, 7) is 1.90. The Morgan fingerprint density at radius 2 is 1.50 bits per heavy atom. The van der Waals surface area contributed by atoms with Crippen molar-refractivity contribution in [3.63, 3.8) is 0 Å². The summed E-state index contributed by atoms with van der Waals surface area (Å²) in [4.78, 5) is 13.0. The molecule has 180 valence electrons. The van der Waals surface area contributed by atoms with Gasteiger partial charge in [-0.1, -0.05) is 54.1 Å². The number of benzene rings is 3. The summed E-state index contributed by atoms with van der Waals surface area (Å²) >= 11 is 0. The average molecular weight is 483 g/mol. The Hall–Kier alpha value is -3.36. The molecule has 7 nitrogen and oxygen atoms in total. The summed E-state index contributed by atoms with van der Waals surface area (Å²) in [5.74, 6) is 0.734. The van der Waals surface area contributed by atoms with Crippen molar-refractivity contribution in [1.29, 1.82) is 0 Å². The first-order valence-corrected chi connectivity index (χ1v) is 12.4. The van der Waals surface area contributed by atoms with Crippen LogP contribution in [-0.2, 0) is 27.8 Å². The Morgan fingerprint density at radius 1 is 0.882 bits per heavy atom. The van der Waals surface area contributed by atoms with Gasteiger partial charge in [0.2, 0.25) is 15.9 Å². The summed E-state index contributed by atoms with van der Waals surface area (Å²) in [6, 6.07) is 21.6. The summed E-state index contributed by atoms with van der Waals surface area (Å²) in [5.41, 5.74) is 2.63. The molecule has 0 unspecified atom stereocenters. The highest BCUT2D eigenvalue weighted by molar-refractivity contribution is 7.89. The van der Waals surface area contributed by atoms with Crippen LogP contribution in [-0.4, -0.2) is 45.9 Å². The highest BCUT2D eigenvalue weighted by Crippen LogP contribution is 2.28. The molecule has 1 amide bonds. The van der Waals surface area contributed by atoms with E-state index in [0.717, 1.165) is 11.1 Å². The minimum atomic E-state index is -3.87. The van der Waals surface area contributed by atoms with Crippen LogP contribution in [0.2, 0.25) is 0 Å². The number of rotatable bonds is 11. The molecule has 3 rings (SSSR count). The molecule has 3 aromatic carbocycles. The number of sulfonamides is 1. The lowest BCUT2D eigenvalue weighted by Gasteiger charge is -2.22. The molecule has 0 aliphatic rings. The molecule has 0 spiro atoms. The third-order valence-electron chi connectivity index (χ3n) is 5.46. The first-order valence-electron chi connectivity index (χ1n) is 10.9. The van der Waals surface area contributed by atoms with Gasteiger partial charge < -0.3 is 14.8 Å². The Kier molecular flexibility index (Phi) is 8.67. The minimum Gasteiger partial charge on any atom is -0.496 e. The lowest BCUT2D eigenvalue weighted by molar-refractivity contribution is -0.121. The predicted octanol–water partition coefficient (Wildman–Crippen LogP) is 3.56. The van der Waals surface area contributed by atoms with Crippen molar-refractivity contribution in [3.8, 4) is 11.5 Å². The van der Waals surface area contributed by atoms with Gasteiger partial charge in [-0.3, -0.25) is 4.79 Å². The molecule has 3 aromatic rings. The topological polar surface area (TPSA) is 84.9 Å². The zero-order valence-corrected chi connectivity index (χ0v) is 20.5. The lowest BCUT2D eigenvalue weighted by Crippen LogP contribution is -2.41. The standard InChI is InChI=1S/C26H30N2O5S/c1-20-12-14-22(15-13-20)34(30,31)28(17-16-21-8-5-4-6-9-21)19-26(29)27-18-23-24(32-2)10-7-11-25(23)33-3/h4-15H,16-19H2,1-3H3,(H,27,29). The molecule has 0 bridgehead atoms. The van der Waals surface area contributed by atoms with E-state index in [1.54, 1.807) is 56.7 Å². The quantitative estimate of drug-likeness (QED) is 0.452. The predicted molar refractivity (Wildman–Crippen MR) is 131 cm³/mol. The average Bonchev–Trinajstić information content (AvgIpc) is 2.85. The van der Waals surface area contributed by atoms with E-state index >= 15 is 0 Å². The van der Waals surface area contributed by atoms with Gasteiger partial charge in [0.05, 0.1) is 37.8 Å². The Balaban J connectivity index is 1.78. The molecule has 0 radical (unpaired) electrons. The fraction of sp³-hybridized carbons (Fsp3) is 0.269. The van der Waals surface area contributed by atoms with Gasteiger partial charge in [0.25, 0.3) is 0 Å². The third-order valence-corrected chi connectivity index (χ3v) is 7.32. The van der Waals surface area contributed by atoms with Crippen LogP contribution in [0.1, 0.15) is 16.7 Å². The Bertz CT molecular complexity index is 1170. The molecule has 8 heteroatoms. The number of ether oxygens (including phenoxy) is 2. The van der Waals surface area contributed by atoms with Crippen LogP contribution < -0.4 is 14.8 Å². The van der Waals surface area contributed by atoms with Gasteiger partial charge in [-0.15, -0.1) is 0 Å². The van der Waals surface area contributed by atoms with E-state index in [1.165, 1.54) is 4.31 Å². The van der Waals surface area contributed by atoms with Crippen molar-refractivity contribution < 1.29 is 22.7 Å². The highest BCUT2D eigenvalue weighted by atomic mass is 32.2. The van der Waals surface area contributed by atoms with Gasteiger partial charge in [0, 0.05) is 6.54 Å². The molecular formula is C26H30N2O5S. The fourth-order valence-electron chi connectivity index (χ4n) is 3.55. The highest BCUT2D eigenvalue weighted by Gasteiger charge is 2.26. The Morgan fingerprint density at radius 3 is 2.09 bits per heavy atom. The van der Waals surface area contributed by atoms with Crippen LogP contribution >= 0.6 is 0 Å². The summed E-state index contributed by atoms with van der Waals surface area (Å²) in [6.07, 6.45) is 0.486. The molecule has 0 heterocycles. The largest absolute Gasteiger partial charge is 0.496 e. The number of hydrogen-bond donors (Lipinski definition) is 1. The SMILES string of the molecule is COc1cccc(OC)c1CNC(=O)CN(CCc1ccccc1)S(=O)(=O)c1ccc(C)cc1. The maximum atomic E-state index is 13.4. The third kappa shape index (κ3) is 6.36. The second-order valence-electron chi connectivity index (χ2n) is 7.81. The van der Waals surface area contributed by atoms with E-state index < -0.39 is 15.9 Å². The molecule has 1 N–H and O–H groups in total. The lowest BCUT2D eigenvalue weighted by atomic mass is 10.1. The molecule has 0 aromatic heterocycles. The normalized spacial score (nSPS) is 11.3. The van der Waals surface area contributed by atoms with Crippen LogP contribution in [0.3, 0.4) is 0 Å². The van der Waals surface area contributed by atoms with Gasteiger partial charge in [0.1, 0.15) is 11.5 Å². The molecule has 0 saturated carbocycles. The fourth-order valence-corrected chi connectivity index (χ4v) is 4.94. The molecule has 0 aliphatic carbocycles. The molecule has 34 heavy (non-hydrogen) atoms. The van der Waals surface area contributed by atoms with E-state index in [1.807, 2.05) is 37.3 Å². The second-order valence-corrected chi connectivity index (χ2v) is 9.74. The monoisotopic (exact) mass is 482 g/mol. The zero-order chi connectivity index (χ0) is 24.6. The van der Waals surface area contributed by atoms with Crippen molar-refractivity contribution in [3.05, 3.63) is 89.5 Å². The Labute approximate surface area is 201 Å². The van der Waals surface area contributed by atoms with E-state index in [0.29, 0.717) is 23.5 Å². The zero-order valence-electron chi connectivity index (χ0n) is 19.7. The summed E-state index contributed by atoms with van der Waals surface area (Å²) in [7, 11) is -0.786. The number of amides is 1. The maximum Gasteiger partial charge on any atom is 0.243 e. The van der Waals surface area contributed by atoms with Crippen molar-refractivity contribution in [1.82, 2.24) is 9.62 Å². The van der Waals surface area contributed by atoms with Gasteiger partial charge in [-0.2, -0.15) is 4.31 Å². The van der Waals surface area contributed by atoms with Crippen molar-refractivity contribution in [2.24, 2.45) is 0 Å². The van der Waals surface area contributed by atoms with E-state index in [-0.39, 0.29) is 24.5 Å². The number of nitrogens with one attached hydrogen (secondary N) is 1. The smallest absolute Gasteiger partial charge is 0.243 e. The second kappa shape index (κ2) is 11.7. The van der Waals surface area contributed by atoms with Crippen LogP contribution in [0.25, 0.3) is 0 Å². The van der Waals surface area contributed by atoms with Crippen molar-refractivity contribution in [2.45, 2.75) is 24.8 Å². The van der Waals surface area contributed by atoms with Crippen LogP contribution in [0, 0.1) is 6.92 Å². The van der Waals surface area contributed by atoms with Crippen LogP contribution in [0.5, 0.6) is 11.5 Å². The van der Waals surface area contributed by atoms with Gasteiger partial charge in [-0.05, 0) is 43.2 Å². The number of carbonyl (C=O) groups excluding carboxylic acids is 1. The first kappa shape index (κ1) is 25.3. The number of aryl methyl sites for hydroxylation is 1. The van der Waals surface area contributed by atoms with E-state index in [9.17, 15) is 13.2 Å².